The topological polar surface area (TPSA) is 147 Å². The first-order valence-electron chi connectivity index (χ1n) is 13.3. The third-order valence-corrected chi connectivity index (χ3v) is 8.41. The molecule has 0 radical (unpaired) electrons. The van der Waals surface area contributed by atoms with Crippen LogP contribution in [0.4, 0.5) is 0 Å². The van der Waals surface area contributed by atoms with Crippen LogP contribution in [-0.4, -0.2) is 58.0 Å². The van der Waals surface area contributed by atoms with Gasteiger partial charge in [0.05, 0.1) is 32.5 Å². The number of carbonyl (C=O) groups excluding carboxylic acids is 1. The van der Waals surface area contributed by atoms with Crippen LogP contribution in [0, 0.1) is 24.7 Å². The van der Waals surface area contributed by atoms with Crippen molar-refractivity contribution in [2.24, 2.45) is 17.8 Å². The zero-order valence-electron chi connectivity index (χ0n) is 23.3. The van der Waals surface area contributed by atoms with E-state index in [4.69, 9.17) is 4.74 Å². The molecule has 3 N–H and O–H groups in total. The van der Waals surface area contributed by atoms with E-state index in [0.29, 0.717) is 6.42 Å². The fourth-order valence-corrected chi connectivity index (χ4v) is 6.34. The number of hydrogen-bond acceptors (Lipinski definition) is 7. The molecule has 0 amide bonds. The van der Waals surface area contributed by atoms with Crippen LogP contribution in [0.25, 0.3) is 6.08 Å². The van der Waals surface area contributed by atoms with Crippen LogP contribution in [0.5, 0.6) is 0 Å². The Morgan fingerprint density at radius 2 is 1.51 bits per heavy atom. The second-order valence-electron chi connectivity index (χ2n) is 10.2. The predicted molar refractivity (Wildman–Crippen MR) is 154 cm³/mol. The molecule has 10 heteroatoms. The summed E-state index contributed by atoms with van der Waals surface area (Å²) in [7, 11) is 1.35. The number of aryl methyl sites for hydroxylation is 1. The maximum atomic E-state index is 11.9. The minimum atomic E-state index is -1.10. The summed E-state index contributed by atoms with van der Waals surface area (Å²) in [4.78, 5) is 46.7. The van der Waals surface area contributed by atoms with E-state index in [2.05, 4.69) is 4.74 Å². The van der Waals surface area contributed by atoms with E-state index in [1.165, 1.54) is 18.9 Å². The zero-order chi connectivity index (χ0) is 30.1. The Labute approximate surface area is 243 Å². The summed E-state index contributed by atoms with van der Waals surface area (Å²) in [6.45, 7) is 1.99. The highest BCUT2D eigenvalue weighted by atomic mass is 32.2. The number of aliphatic carboxylic acids is 3. The smallest absolute Gasteiger partial charge is 0.309 e. The standard InChI is InChI=1S/C31H36O9S/c1-18-7-12-21(14-22(18)13-20-10-8-19(9-11-20)5-4-6-29(38)39-2)30-24(16-27(34)35)23(15-26(32)33)25(17-28(36)37)31(40-30)41-3/h4-5,7-12,14,23-25,30-31H,6,13,15-17H2,1-3H3,(H,32,33)(H,34,35)(H,36,37)/t23-,24+,25+,30-,31-/m1/s1. The van der Waals surface area contributed by atoms with Crippen molar-refractivity contribution in [1.82, 2.24) is 0 Å². The monoisotopic (exact) mass is 584 g/mol. The predicted octanol–water partition coefficient (Wildman–Crippen LogP) is 5.20. The Hall–Kier alpha value is -3.63. The third-order valence-electron chi connectivity index (χ3n) is 7.48. The van der Waals surface area contributed by atoms with Crippen LogP contribution in [0.15, 0.2) is 48.5 Å². The van der Waals surface area contributed by atoms with Crippen molar-refractivity contribution in [1.29, 1.82) is 0 Å². The Morgan fingerprint density at radius 3 is 2.10 bits per heavy atom. The van der Waals surface area contributed by atoms with E-state index in [0.717, 1.165) is 27.8 Å². The number of benzene rings is 2. The summed E-state index contributed by atoms with van der Waals surface area (Å²) >= 11 is 1.31. The first kappa shape index (κ1) is 31.9. The molecule has 1 fully saturated rings. The van der Waals surface area contributed by atoms with Crippen molar-refractivity contribution in [3.8, 4) is 0 Å². The molecule has 220 valence electrons. The van der Waals surface area contributed by atoms with Crippen LogP contribution >= 0.6 is 11.8 Å². The molecule has 0 spiro atoms. The van der Waals surface area contributed by atoms with Gasteiger partial charge in [-0.05, 0) is 53.3 Å². The molecule has 1 aliphatic heterocycles. The second kappa shape index (κ2) is 14.8. The first-order chi connectivity index (χ1) is 19.5. The molecule has 2 aromatic rings. The molecule has 0 aliphatic carbocycles. The quantitative estimate of drug-likeness (QED) is 0.269. The highest BCUT2D eigenvalue weighted by Gasteiger charge is 2.48. The van der Waals surface area contributed by atoms with Crippen LogP contribution < -0.4 is 0 Å². The number of carbonyl (C=O) groups is 4. The van der Waals surface area contributed by atoms with Crippen molar-refractivity contribution in [2.75, 3.05) is 13.4 Å². The molecule has 1 saturated heterocycles. The largest absolute Gasteiger partial charge is 0.481 e. The molecule has 3 rings (SSSR count). The van der Waals surface area contributed by atoms with Gasteiger partial charge in [0.2, 0.25) is 0 Å². The lowest BCUT2D eigenvalue weighted by molar-refractivity contribution is -0.161. The molecule has 5 atom stereocenters. The number of esters is 1. The van der Waals surface area contributed by atoms with Gasteiger partial charge >= 0.3 is 23.9 Å². The van der Waals surface area contributed by atoms with E-state index in [1.807, 2.05) is 55.5 Å². The maximum Gasteiger partial charge on any atom is 0.309 e. The number of rotatable bonds is 13. The van der Waals surface area contributed by atoms with Crippen LogP contribution in [0.3, 0.4) is 0 Å². The van der Waals surface area contributed by atoms with E-state index in [9.17, 15) is 34.5 Å². The highest BCUT2D eigenvalue weighted by molar-refractivity contribution is 7.99. The number of hydrogen-bond donors (Lipinski definition) is 3. The van der Waals surface area contributed by atoms with E-state index in [-0.39, 0.29) is 31.7 Å². The average molecular weight is 585 g/mol. The van der Waals surface area contributed by atoms with Crippen LogP contribution in [0.2, 0.25) is 0 Å². The Kier molecular flexibility index (Phi) is 11.5. The molecule has 0 saturated carbocycles. The van der Waals surface area contributed by atoms with Crippen molar-refractivity contribution in [2.45, 2.75) is 50.6 Å². The number of methoxy groups -OCH3 is 1. The second-order valence-corrected chi connectivity index (χ2v) is 11.2. The Morgan fingerprint density at radius 1 is 0.902 bits per heavy atom. The average Bonchev–Trinajstić information content (AvgIpc) is 2.92. The number of thioether (sulfide) groups is 1. The molecule has 2 aromatic carbocycles. The van der Waals surface area contributed by atoms with Crippen molar-refractivity contribution in [3.05, 3.63) is 76.4 Å². The van der Waals surface area contributed by atoms with Crippen LogP contribution in [0.1, 0.15) is 59.6 Å². The lowest BCUT2D eigenvalue weighted by Crippen LogP contribution is -2.45. The fourth-order valence-electron chi connectivity index (χ4n) is 5.46. The minimum Gasteiger partial charge on any atom is -0.481 e. The van der Waals surface area contributed by atoms with Gasteiger partial charge in [0.1, 0.15) is 5.44 Å². The summed E-state index contributed by atoms with van der Waals surface area (Å²) in [5.74, 6) is -5.65. The van der Waals surface area contributed by atoms with E-state index < -0.39 is 47.2 Å². The van der Waals surface area contributed by atoms with E-state index in [1.54, 1.807) is 12.3 Å². The van der Waals surface area contributed by atoms with Crippen molar-refractivity contribution >= 4 is 41.7 Å². The molecule has 9 nitrogen and oxygen atoms in total. The summed E-state index contributed by atoms with van der Waals surface area (Å²) in [6.07, 6.45) is 4.47. The van der Waals surface area contributed by atoms with Gasteiger partial charge in [-0.3, -0.25) is 19.2 Å². The molecule has 0 unspecified atom stereocenters. The number of ether oxygens (including phenoxy) is 2. The summed E-state index contributed by atoms with van der Waals surface area (Å²) in [5.41, 5.74) is 4.18. The molecule has 1 aliphatic rings. The third kappa shape index (κ3) is 8.93. The molecule has 1 heterocycles. The molecule has 0 aromatic heterocycles. The Balaban J connectivity index is 1.91. The van der Waals surface area contributed by atoms with Gasteiger partial charge in [0.25, 0.3) is 0 Å². The summed E-state index contributed by atoms with van der Waals surface area (Å²) in [5, 5.41) is 28.9. The lowest BCUT2D eigenvalue weighted by Gasteiger charge is -2.46. The van der Waals surface area contributed by atoms with Gasteiger partial charge < -0.3 is 24.8 Å². The normalized spacial score (nSPS) is 22.4. The molecular formula is C31H36O9S. The van der Waals surface area contributed by atoms with Crippen molar-refractivity contribution < 1.29 is 44.0 Å². The fraction of sp³-hybridized carbons (Fsp3) is 0.419. The zero-order valence-corrected chi connectivity index (χ0v) is 24.1. The van der Waals surface area contributed by atoms with Crippen LogP contribution in [-0.2, 0) is 35.1 Å². The Bertz CT molecular complexity index is 1270. The van der Waals surface area contributed by atoms with Crippen molar-refractivity contribution in [3.63, 3.8) is 0 Å². The van der Waals surface area contributed by atoms with Gasteiger partial charge in [-0.2, -0.15) is 0 Å². The number of carboxylic acids is 3. The molecule has 41 heavy (non-hydrogen) atoms. The first-order valence-corrected chi connectivity index (χ1v) is 14.6. The molecular weight excluding hydrogens is 548 g/mol. The van der Waals surface area contributed by atoms with Gasteiger partial charge in [0, 0.05) is 18.3 Å². The SMILES string of the molecule is COC(=O)CC=Cc1ccc(Cc2cc([C@H]3O[C@H](SC)[C@@H](CC(=O)O)[C@H](CC(=O)O)[C@@H]3CC(=O)O)ccc2C)cc1. The van der Waals surface area contributed by atoms with Gasteiger partial charge in [0.15, 0.2) is 0 Å². The van der Waals surface area contributed by atoms with Gasteiger partial charge in [-0.15, -0.1) is 11.8 Å². The van der Waals surface area contributed by atoms with Gasteiger partial charge in [-0.1, -0.05) is 54.6 Å². The number of carboxylic acid groups (broad SMARTS) is 3. The molecule has 0 bridgehead atoms. The van der Waals surface area contributed by atoms with Gasteiger partial charge in [-0.25, -0.2) is 0 Å². The maximum absolute atomic E-state index is 11.9. The summed E-state index contributed by atoms with van der Waals surface area (Å²) in [6, 6.07) is 13.7. The lowest BCUT2D eigenvalue weighted by atomic mass is 9.70. The summed E-state index contributed by atoms with van der Waals surface area (Å²) < 4.78 is 11.0. The minimum absolute atomic E-state index is 0.193. The van der Waals surface area contributed by atoms with E-state index >= 15 is 0 Å². The highest BCUT2D eigenvalue weighted by Crippen LogP contribution is 2.50.